The molecule has 104 valence electrons. The topological polar surface area (TPSA) is 6.48 Å². The van der Waals surface area contributed by atoms with Crippen LogP contribution in [0.15, 0.2) is 22.7 Å². The average molecular weight is 388 g/mol. The Morgan fingerprint density at radius 3 is 2.79 bits per heavy atom. The van der Waals surface area contributed by atoms with Gasteiger partial charge < -0.3 is 4.90 Å². The quantitative estimate of drug-likeness (QED) is 0.707. The van der Waals surface area contributed by atoms with Crippen LogP contribution < -0.4 is 4.90 Å². The van der Waals surface area contributed by atoms with E-state index in [1.165, 1.54) is 61.2 Å². The Bertz CT molecular complexity index is 450. The van der Waals surface area contributed by atoms with Crippen molar-refractivity contribution in [3.63, 3.8) is 0 Å². The van der Waals surface area contributed by atoms with Crippen molar-refractivity contribution in [1.82, 2.24) is 4.90 Å². The summed E-state index contributed by atoms with van der Waals surface area (Å²) in [6.07, 6.45) is 4.03. The summed E-state index contributed by atoms with van der Waals surface area (Å²) >= 11 is 7.27. The molecule has 3 rings (SSSR count). The Hall–Kier alpha value is -0.0600. The molecule has 0 bridgehead atoms. The Morgan fingerprint density at radius 1 is 1.16 bits per heavy atom. The molecule has 0 saturated carbocycles. The van der Waals surface area contributed by atoms with Gasteiger partial charge in [-0.3, -0.25) is 4.90 Å². The molecule has 19 heavy (non-hydrogen) atoms. The standard InChI is InChI=1S/C15H20Br2N2/c16-10-12-4-5-15(14(17)9-12)19-8-2-7-18-6-1-3-13(18)11-19/h4-5,9,13H,1-3,6-8,10-11H2. The van der Waals surface area contributed by atoms with Gasteiger partial charge in [-0.1, -0.05) is 22.0 Å². The Balaban J connectivity index is 1.80. The zero-order valence-electron chi connectivity index (χ0n) is 11.1. The molecule has 4 heteroatoms. The molecule has 2 aliphatic heterocycles. The highest BCUT2D eigenvalue weighted by molar-refractivity contribution is 9.10. The number of rotatable bonds is 2. The average Bonchev–Trinajstić information content (AvgIpc) is 2.76. The molecule has 2 heterocycles. The van der Waals surface area contributed by atoms with Crippen molar-refractivity contribution in [3.8, 4) is 0 Å². The maximum absolute atomic E-state index is 3.75. The second-order valence-electron chi connectivity index (χ2n) is 5.55. The van der Waals surface area contributed by atoms with Gasteiger partial charge in [-0.15, -0.1) is 0 Å². The number of fused-ring (bicyclic) bond motifs is 1. The van der Waals surface area contributed by atoms with Gasteiger partial charge in [0.1, 0.15) is 0 Å². The van der Waals surface area contributed by atoms with Crippen molar-refractivity contribution >= 4 is 37.5 Å². The van der Waals surface area contributed by atoms with Crippen molar-refractivity contribution in [1.29, 1.82) is 0 Å². The fourth-order valence-electron chi connectivity index (χ4n) is 3.32. The molecule has 2 saturated heterocycles. The summed E-state index contributed by atoms with van der Waals surface area (Å²) < 4.78 is 1.23. The smallest absolute Gasteiger partial charge is 0.0511 e. The van der Waals surface area contributed by atoms with E-state index in [0.717, 1.165) is 11.4 Å². The van der Waals surface area contributed by atoms with Gasteiger partial charge in [0.25, 0.3) is 0 Å². The number of halogens is 2. The third-order valence-electron chi connectivity index (χ3n) is 4.31. The monoisotopic (exact) mass is 386 g/mol. The van der Waals surface area contributed by atoms with Crippen molar-refractivity contribution in [3.05, 3.63) is 28.2 Å². The first-order chi connectivity index (χ1) is 9.28. The molecule has 0 aromatic heterocycles. The second kappa shape index (κ2) is 6.15. The lowest BCUT2D eigenvalue weighted by Gasteiger charge is -2.28. The van der Waals surface area contributed by atoms with Crippen LogP contribution in [-0.4, -0.2) is 37.1 Å². The minimum Gasteiger partial charge on any atom is -0.369 e. The highest BCUT2D eigenvalue weighted by Crippen LogP contribution is 2.31. The molecule has 1 aromatic rings. The fraction of sp³-hybridized carbons (Fsp3) is 0.600. The summed E-state index contributed by atoms with van der Waals surface area (Å²) in [4.78, 5) is 5.25. The molecule has 1 atom stereocenters. The predicted octanol–water partition coefficient (Wildman–Crippen LogP) is 4.02. The third-order valence-corrected chi connectivity index (χ3v) is 5.59. The van der Waals surface area contributed by atoms with E-state index in [2.05, 4.69) is 59.9 Å². The third kappa shape index (κ3) is 3.01. The van der Waals surface area contributed by atoms with Gasteiger partial charge in [0.2, 0.25) is 0 Å². The van der Waals surface area contributed by atoms with E-state index in [0.29, 0.717) is 0 Å². The lowest BCUT2D eigenvalue weighted by Crippen LogP contribution is -2.36. The van der Waals surface area contributed by atoms with Gasteiger partial charge in [0.15, 0.2) is 0 Å². The summed E-state index contributed by atoms with van der Waals surface area (Å²) in [6, 6.07) is 7.50. The summed E-state index contributed by atoms with van der Waals surface area (Å²) in [6.45, 7) is 4.95. The number of nitrogens with zero attached hydrogens (tertiary/aromatic N) is 2. The van der Waals surface area contributed by atoms with E-state index in [1.807, 2.05) is 0 Å². The van der Waals surface area contributed by atoms with Gasteiger partial charge in [-0.25, -0.2) is 0 Å². The normalized spacial score (nSPS) is 24.3. The molecule has 0 aliphatic carbocycles. The molecular weight excluding hydrogens is 368 g/mol. The minimum atomic E-state index is 0.769. The number of alkyl halides is 1. The zero-order chi connectivity index (χ0) is 13.2. The predicted molar refractivity (Wildman–Crippen MR) is 88.2 cm³/mol. The molecule has 0 amide bonds. The van der Waals surface area contributed by atoms with Crippen LogP contribution in [0.5, 0.6) is 0 Å². The maximum Gasteiger partial charge on any atom is 0.0511 e. The Labute approximate surface area is 132 Å². The molecule has 1 unspecified atom stereocenters. The first kappa shape index (κ1) is 13.9. The van der Waals surface area contributed by atoms with Crippen molar-refractivity contribution in [2.75, 3.05) is 31.1 Å². The highest BCUT2D eigenvalue weighted by Gasteiger charge is 2.29. The number of benzene rings is 1. The van der Waals surface area contributed by atoms with Crippen LogP contribution in [0.4, 0.5) is 5.69 Å². The van der Waals surface area contributed by atoms with Crippen LogP contribution in [0.2, 0.25) is 0 Å². The molecule has 2 fully saturated rings. The minimum absolute atomic E-state index is 0.769. The molecule has 0 radical (unpaired) electrons. The van der Waals surface area contributed by atoms with Gasteiger partial charge in [0.05, 0.1) is 5.69 Å². The van der Waals surface area contributed by atoms with Crippen LogP contribution in [0.1, 0.15) is 24.8 Å². The van der Waals surface area contributed by atoms with Crippen LogP contribution in [0.25, 0.3) is 0 Å². The van der Waals surface area contributed by atoms with E-state index in [9.17, 15) is 0 Å². The molecule has 1 aromatic carbocycles. The van der Waals surface area contributed by atoms with Crippen LogP contribution in [0.3, 0.4) is 0 Å². The van der Waals surface area contributed by atoms with Crippen molar-refractivity contribution in [2.45, 2.75) is 30.6 Å². The summed E-state index contributed by atoms with van der Waals surface area (Å²) in [5.74, 6) is 0. The summed E-state index contributed by atoms with van der Waals surface area (Å²) in [7, 11) is 0. The zero-order valence-corrected chi connectivity index (χ0v) is 14.3. The molecule has 0 N–H and O–H groups in total. The van der Waals surface area contributed by atoms with Gasteiger partial charge >= 0.3 is 0 Å². The molecule has 2 aliphatic rings. The molecular formula is C15H20Br2N2. The van der Waals surface area contributed by atoms with Crippen LogP contribution >= 0.6 is 31.9 Å². The van der Waals surface area contributed by atoms with E-state index >= 15 is 0 Å². The lowest BCUT2D eigenvalue weighted by molar-refractivity contribution is 0.273. The van der Waals surface area contributed by atoms with Gasteiger partial charge in [-0.2, -0.15) is 0 Å². The van der Waals surface area contributed by atoms with E-state index in [4.69, 9.17) is 0 Å². The lowest BCUT2D eigenvalue weighted by atomic mass is 10.1. The summed E-state index contributed by atoms with van der Waals surface area (Å²) in [5, 5.41) is 0.919. The Kier molecular flexibility index (Phi) is 4.50. The van der Waals surface area contributed by atoms with Crippen LogP contribution in [-0.2, 0) is 5.33 Å². The van der Waals surface area contributed by atoms with E-state index < -0.39 is 0 Å². The first-order valence-corrected chi connectivity index (χ1v) is 9.03. The first-order valence-electron chi connectivity index (χ1n) is 7.11. The molecule has 2 nitrogen and oxygen atoms in total. The van der Waals surface area contributed by atoms with E-state index in [-0.39, 0.29) is 0 Å². The van der Waals surface area contributed by atoms with Gasteiger partial charge in [-0.05, 0) is 59.4 Å². The highest BCUT2D eigenvalue weighted by atomic mass is 79.9. The summed E-state index contributed by atoms with van der Waals surface area (Å²) in [5.41, 5.74) is 2.69. The van der Waals surface area contributed by atoms with Crippen LogP contribution in [0, 0.1) is 0 Å². The van der Waals surface area contributed by atoms with Crippen molar-refractivity contribution < 1.29 is 0 Å². The van der Waals surface area contributed by atoms with Crippen molar-refractivity contribution in [2.24, 2.45) is 0 Å². The number of anilines is 1. The molecule has 0 spiro atoms. The van der Waals surface area contributed by atoms with E-state index in [1.54, 1.807) is 0 Å². The number of hydrogen-bond donors (Lipinski definition) is 0. The maximum atomic E-state index is 3.75. The SMILES string of the molecule is BrCc1ccc(N2CCCN3CCCC3C2)c(Br)c1. The fourth-order valence-corrected chi connectivity index (χ4v) is 4.34. The largest absolute Gasteiger partial charge is 0.369 e. The Morgan fingerprint density at radius 2 is 2.00 bits per heavy atom. The van der Waals surface area contributed by atoms with Gasteiger partial charge in [0, 0.05) is 35.5 Å². The number of hydrogen-bond acceptors (Lipinski definition) is 2. The second-order valence-corrected chi connectivity index (χ2v) is 6.97.